The summed E-state index contributed by atoms with van der Waals surface area (Å²) in [6.07, 6.45) is 1.70. The molecule has 0 fully saturated rings. The Morgan fingerprint density at radius 1 is 1.00 bits per heavy atom. The average molecular weight is 243 g/mol. The number of H-pyrrole nitrogens is 1. The predicted molar refractivity (Wildman–Crippen MR) is 68.4 cm³/mol. The second kappa shape index (κ2) is 3.95. The number of nitrogens with one attached hydrogen (secondary N) is 1. The highest BCUT2D eigenvalue weighted by atomic mass is 19.1. The lowest BCUT2D eigenvalue weighted by Crippen LogP contribution is -1.89. The van der Waals surface area contributed by atoms with Crippen molar-refractivity contribution >= 4 is 10.9 Å². The molecule has 1 N–H and O–H groups in total. The van der Waals surface area contributed by atoms with Gasteiger partial charge in [-0.15, -0.1) is 0 Å². The van der Waals surface area contributed by atoms with Gasteiger partial charge in [-0.25, -0.2) is 8.78 Å². The average Bonchev–Trinajstić information content (AvgIpc) is 2.83. The van der Waals surface area contributed by atoms with Crippen LogP contribution in [0.2, 0.25) is 0 Å². The molecule has 0 spiro atoms. The molecule has 3 rings (SSSR count). The van der Waals surface area contributed by atoms with Gasteiger partial charge >= 0.3 is 0 Å². The molecule has 1 aromatic heterocycles. The second-order valence-electron chi connectivity index (χ2n) is 4.33. The van der Waals surface area contributed by atoms with Crippen LogP contribution < -0.4 is 0 Å². The molecule has 0 unspecified atom stereocenters. The monoisotopic (exact) mass is 243 g/mol. The lowest BCUT2D eigenvalue weighted by Gasteiger charge is -2.06. The van der Waals surface area contributed by atoms with Crippen LogP contribution in [-0.4, -0.2) is 4.98 Å². The number of halogens is 2. The lowest BCUT2D eigenvalue weighted by atomic mass is 10.0. The molecule has 1 heterocycles. The van der Waals surface area contributed by atoms with E-state index in [1.54, 1.807) is 31.3 Å². The van der Waals surface area contributed by atoms with Crippen LogP contribution in [0.3, 0.4) is 0 Å². The Balaban J connectivity index is 2.24. The fourth-order valence-corrected chi connectivity index (χ4v) is 2.13. The van der Waals surface area contributed by atoms with Crippen molar-refractivity contribution in [3.63, 3.8) is 0 Å². The Morgan fingerprint density at radius 2 is 1.83 bits per heavy atom. The summed E-state index contributed by atoms with van der Waals surface area (Å²) in [4.78, 5) is 2.87. The van der Waals surface area contributed by atoms with Crippen molar-refractivity contribution in [2.75, 3.05) is 0 Å². The first-order valence-corrected chi connectivity index (χ1v) is 5.69. The number of benzene rings is 2. The van der Waals surface area contributed by atoms with Crippen molar-refractivity contribution in [3.8, 4) is 11.1 Å². The first kappa shape index (κ1) is 11.0. The molecule has 18 heavy (non-hydrogen) atoms. The third-order valence-corrected chi connectivity index (χ3v) is 3.13. The summed E-state index contributed by atoms with van der Waals surface area (Å²) in [6.45, 7) is 1.67. The summed E-state index contributed by atoms with van der Waals surface area (Å²) in [6, 6.07) is 10.0. The highest BCUT2D eigenvalue weighted by Crippen LogP contribution is 2.29. The zero-order chi connectivity index (χ0) is 12.7. The fourth-order valence-electron chi connectivity index (χ4n) is 2.13. The lowest BCUT2D eigenvalue weighted by molar-refractivity contribution is 0.618. The minimum absolute atomic E-state index is 0.278. The van der Waals surface area contributed by atoms with E-state index in [0.29, 0.717) is 22.2 Å². The third-order valence-electron chi connectivity index (χ3n) is 3.13. The van der Waals surface area contributed by atoms with Crippen LogP contribution in [-0.2, 0) is 0 Å². The summed E-state index contributed by atoms with van der Waals surface area (Å²) in [5.41, 5.74) is 2.16. The molecule has 0 aliphatic heterocycles. The van der Waals surface area contributed by atoms with Crippen LogP contribution in [0.4, 0.5) is 8.78 Å². The summed E-state index contributed by atoms with van der Waals surface area (Å²) >= 11 is 0. The highest BCUT2D eigenvalue weighted by Gasteiger charge is 2.11. The van der Waals surface area contributed by atoms with Gasteiger partial charge in [0, 0.05) is 17.1 Å². The molecule has 0 amide bonds. The maximum absolute atomic E-state index is 14.3. The summed E-state index contributed by atoms with van der Waals surface area (Å²) in [5, 5.41) is 0.829. The van der Waals surface area contributed by atoms with Crippen LogP contribution in [0, 0.1) is 18.6 Å². The predicted octanol–water partition coefficient (Wildman–Crippen LogP) is 4.42. The van der Waals surface area contributed by atoms with E-state index in [9.17, 15) is 8.78 Å². The van der Waals surface area contributed by atoms with Gasteiger partial charge in [0.05, 0.1) is 5.52 Å². The van der Waals surface area contributed by atoms with E-state index in [4.69, 9.17) is 0 Å². The standard InChI is InChI=1S/C15H11F2N/c1-9-8-11(3-5-13(9)16)12-4-2-10-6-7-18-15(10)14(12)17/h2-8,18H,1H3. The van der Waals surface area contributed by atoms with Crippen LogP contribution in [0.1, 0.15) is 5.56 Å². The largest absolute Gasteiger partial charge is 0.359 e. The number of hydrogen-bond donors (Lipinski definition) is 1. The Bertz CT molecular complexity index is 728. The summed E-state index contributed by atoms with van der Waals surface area (Å²) < 4.78 is 27.5. The Morgan fingerprint density at radius 3 is 2.61 bits per heavy atom. The molecule has 3 aromatic rings. The maximum atomic E-state index is 14.3. The van der Waals surface area contributed by atoms with Gasteiger partial charge in [-0.2, -0.15) is 0 Å². The molecular weight excluding hydrogens is 232 g/mol. The van der Waals surface area contributed by atoms with Gasteiger partial charge in [0.1, 0.15) is 5.82 Å². The van der Waals surface area contributed by atoms with Crippen molar-refractivity contribution in [1.29, 1.82) is 0 Å². The van der Waals surface area contributed by atoms with Gasteiger partial charge in [-0.3, -0.25) is 0 Å². The van der Waals surface area contributed by atoms with Crippen molar-refractivity contribution in [2.24, 2.45) is 0 Å². The van der Waals surface area contributed by atoms with Gasteiger partial charge in [0.2, 0.25) is 0 Å². The van der Waals surface area contributed by atoms with Gasteiger partial charge in [0.25, 0.3) is 0 Å². The van der Waals surface area contributed by atoms with E-state index in [2.05, 4.69) is 4.98 Å². The smallest absolute Gasteiger partial charge is 0.155 e. The van der Waals surface area contributed by atoms with Crippen LogP contribution in [0.15, 0.2) is 42.6 Å². The molecule has 0 saturated carbocycles. The van der Waals surface area contributed by atoms with Crippen molar-refractivity contribution in [3.05, 3.63) is 59.8 Å². The first-order valence-electron chi connectivity index (χ1n) is 5.69. The molecule has 0 aliphatic carbocycles. The Hall–Kier alpha value is -2.16. The van der Waals surface area contributed by atoms with E-state index in [1.807, 2.05) is 12.1 Å². The van der Waals surface area contributed by atoms with E-state index in [-0.39, 0.29) is 11.6 Å². The van der Waals surface area contributed by atoms with Crippen LogP contribution >= 0.6 is 0 Å². The fraction of sp³-hybridized carbons (Fsp3) is 0.0667. The molecule has 3 heteroatoms. The Kier molecular flexibility index (Phi) is 2.40. The second-order valence-corrected chi connectivity index (χ2v) is 4.33. The zero-order valence-electron chi connectivity index (χ0n) is 9.80. The molecule has 0 atom stereocenters. The number of fused-ring (bicyclic) bond motifs is 1. The van der Waals surface area contributed by atoms with Crippen LogP contribution in [0.25, 0.3) is 22.0 Å². The molecule has 1 nitrogen and oxygen atoms in total. The zero-order valence-corrected chi connectivity index (χ0v) is 9.80. The van der Waals surface area contributed by atoms with E-state index in [0.717, 1.165) is 5.39 Å². The summed E-state index contributed by atoms with van der Waals surface area (Å²) in [5.74, 6) is -0.580. The maximum Gasteiger partial charge on any atom is 0.155 e. The molecular formula is C15H11F2N. The molecule has 0 saturated heterocycles. The highest BCUT2D eigenvalue weighted by molar-refractivity contribution is 5.85. The van der Waals surface area contributed by atoms with Crippen molar-refractivity contribution in [2.45, 2.75) is 6.92 Å². The molecule has 0 radical (unpaired) electrons. The molecule has 90 valence electrons. The van der Waals surface area contributed by atoms with Gasteiger partial charge < -0.3 is 4.98 Å². The quantitative estimate of drug-likeness (QED) is 0.651. The molecule has 0 aliphatic rings. The Labute approximate surface area is 103 Å². The topological polar surface area (TPSA) is 15.8 Å². The van der Waals surface area contributed by atoms with Gasteiger partial charge in [-0.05, 0) is 36.2 Å². The number of hydrogen-bond acceptors (Lipinski definition) is 0. The number of rotatable bonds is 1. The normalized spacial score (nSPS) is 11.1. The van der Waals surface area contributed by atoms with Gasteiger partial charge in [0.15, 0.2) is 5.82 Å². The third kappa shape index (κ3) is 1.59. The molecule has 2 aromatic carbocycles. The van der Waals surface area contributed by atoms with E-state index in [1.165, 1.54) is 6.07 Å². The van der Waals surface area contributed by atoms with Crippen molar-refractivity contribution < 1.29 is 8.78 Å². The number of aromatic amines is 1. The SMILES string of the molecule is Cc1cc(-c2ccc3cc[nH]c3c2F)ccc1F. The van der Waals surface area contributed by atoms with Crippen molar-refractivity contribution in [1.82, 2.24) is 4.98 Å². The minimum atomic E-state index is -0.302. The summed E-state index contributed by atoms with van der Waals surface area (Å²) in [7, 11) is 0. The minimum Gasteiger partial charge on any atom is -0.359 e. The van der Waals surface area contributed by atoms with Gasteiger partial charge in [-0.1, -0.05) is 18.2 Å². The van der Waals surface area contributed by atoms with E-state index >= 15 is 0 Å². The van der Waals surface area contributed by atoms with E-state index < -0.39 is 0 Å². The number of aryl methyl sites for hydroxylation is 1. The number of aromatic nitrogens is 1. The molecule has 0 bridgehead atoms. The van der Waals surface area contributed by atoms with Crippen LogP contribution in [0.5, 0.6) is 0 Å². The first-order chi connectivity index (χ1) is 8.66.